The van der Waals surface area contributed by atoms with Crippen LogP contribution in [0.4, 0.5) is 0 Å². The quantitative estimate of drug-likeness (QED) is 0.313. The first-order valence-electron chi connectivity index (χ1n) is 9.73. The second kappa shape index (κ2) is 12.2. The van der Waals surface area contributed by atoms with Crippen LogP contribution in [0.25, 0.3) is 0 Å². The molecule has 1 aliphatic heterocycles. The van der Waals surface area contributed by atoms with Crippen molar-refractivity contribution in [2.75, 3.05) is 13.1 Å². The number of hydrogen-bond donors (Lipinski definition) is 0. The molecule has 1 aliphatic rings. The molecule has 0 saturated carbocycles. The standard InChI is InChI=1S/C20H31N4Se/c1-18(19-14-10-11-15-21-19)22-23-20(25)24-16-12-8-6-4-2-3-5-7-9-13-17-24/h10-11,14-15H,2-9,12-13,16-17H2,1H3. The molecule has 0 N–H and O–H groups in total. The molecule has 1 aromatic heterocycles. The Morgan fingerprint density at radius 1 is 0.880 bits per heavy atom. The minimum absolute atomic E-state index is 0.846. The molecular weight excluding hydrogens is 375 g/mol. The SMILES string of the molecule is CC(=NN=C([Se])N1CCCCCCCCCCCC1)c1ccccn1. The molecule has 0 bridgehead atoms. The molecular formula is C20H31N4Se. The van der Waals surface area contributed by atoms with E-state index < -0.39 is 0 Å². The van der Waals surface area contributed by atoms with E-state index in [1.54, 1.807) is 6.20 Å². The van der Waals surface area contributed by atoms with Crippen LogP contribution in [0.1, 0.15) is 76.8 Å². The minimum atomic E-state index is 0.846. The molecule has 2 heterocycles. The Bertz CT molecular complexity index is 528. The Hall–Kier alpha value is -1.19. The van der Waals surface area contributed by atoms with Crippen LogP contribution >= 0.6 is 0 Å². The summed E-state index contributed by atoms with van der Waals surface area (Å²) in [5.41, 5.74) is 1.73. The third-order valence-electron chi connectivity index (χ3n) is 4.70. The Morgan fingerprint density at radius 2 is 1.44 bits per heavy atom. The molecule has 1 fully saturated rings. The van der Waals surface area contributed by atoms with Crippen molar-refractivity contribution < 1.29 is 0 Å². The molecule has 4 nitrogen and oxygen atoms in total. The summed E-state index contributed by atoms with van der Waals surface area (Å²) in [6.45, 7) is 4.10. The van der Waals surface area contributed by atoms with Crippen LogP contribution in [-0.2, 0) is 0 Å². The zero-order valence-corrected chi connectivity index (χ0v) is 17.2. The van der Waals surface area contributed by atoms with Gasteiger partial charge in [-0.15, -0.1) is 0 Å². The molecule has 0 aromatic carbocycles. The zero-order valence-electron chi connectivity index (χ0n) is 15.5. The summed E-state index contributed by atoms with van der Waals surface area (Å²) in [6.07, 6.45) is 15.3. The van der Waals surface area contributed by atoms with E-state index in [0.29, 0.717) is 0 Å². The number of nitrogens with zero attached hydrogens (tertiary/aromatic N) is 4. The van der Waals surface area contributed by atoms with E-state index in [-0.39, 0.29) is 0 Å². The van der Waals surface area contributed by atoms with Crippen LogP contribution < -0.4 is 0 Å². The zero-order chi connectivity index (χ0) is 17.7. The van der Waals surface area contributed by atoms with Gasteiger partial charge in [0, 0.05) is 0 Å². The fraction of sp³-hybridized carbons (Fsp3) is 0.650. The van der Waals surface area contributed by atoms with E-state index in [0.717, 1.165) is 29.2 Å². The van der Waals surface area contributed by atoms with Crippen molar-refractivity contribution in [3.8, 4) is 0 Å². The number of aromatic nitrogens is 1. The van der Waals surface area contributed by atoms with Crippen LogP contribution in [-0.4, -0.2) is 49.4 Å². The van der Waals surface area contributed by atoms with Crippen molar-refractivity contribution in [3.05, 3.63) is 30.1 Å². The first-order valence-corrected chi connectivity index (χ1v) is 10.6. The van der Waals surface area contributed by atoms with Gasteiger partial charge in [-0.05, 0) is 0 Å². The summed E-state index contributed by atoms with van der Waals surface area (Å²) in [7, 11) is 0. The predicted molar refractivity (Wildman–Crippen MR) is 107 cm³/mol. The van der Waals surface area contributed by atoms with Gasteiger partial charge in [-0.3, -0.25) is 0 Å². The monoisotopic (exact) mass is 407 g/mol. The van der Waals surface area contributed by atoms with E-state index in [4.69, 9.17) is 0 Å². The second-order valence-corrected chi connectivity index (χ2v) is 7.57. The van der Waals surface area contributed by atoms with E-state index in [9.17, 15) is 0 Å². The maximum absolute atomic E-state index is 4.45. The summed E-state index contributed by atoms with van der Waals surface area (Å²) in [5, 5.41) is 8.83. The summed E-state index contributed by atoms with van der Waals surface area (Å²) in [4.78, 5) is 6.69. The van der Waals surface area contributed by atoms with E-state index >= 15 is 0 Å². The Kier molecular flexibility index (Phi) is 9.83. The summed E-state index contributed by atoms with van der Waals surface area (Å²) in [5.74, 6) is 0. The topological polar surface area (TPSA) is 40.9 Å². The summed E-state index contributed by atoms with van der Waals surface area (Å²) in [6, 6.07) is 5.85. The van der Waals surface area contributed by atoms with Crippen molar-refractivity contribution in [3.63, 3.8) is 0 Å². The van der Waals surface area contributed by atoms with Gasteiger partial charge < -0.3 is 0 Å². The fourth-order valence-electron chi connectivity index (χ4n) is 3.13. The first kappa shape index (κ1) is 20.1. The van der Waals surface area contributed by atoms with Gasteiger partial charge in [0.25, 0.3) is 0 Å². The molecule has 1 radical (unpaired) electrons. The molecule has 2 rings (SSSR count). The van der Waals surface area contributed by atoms with Gasteiger partial charge in [0.2, 0.25) is 0 Å². The predicted octanol–water partition coefficient (Wildman–Crippen LogP) is 4.55. The average molecular weight is 406 g/mol. The van der Waals surface area contributed by atoms with Gasteiger partial charge in [-0.2, -0.15) is 0 Å². The normalized spacial score (nSPS) is 19.6. The maximum atomic E-state index is 4.45. The van der Waals surface area contributed by atoms with Crippen molar-refractivity contribution >= 4 is 26.5 Å². The fourth-order valence-corrected chi connectivity index (χ4v) is 3.60. The number of hydrogen-bond acceptors (Lipinski definition) is 3. The second-order valence-electron chi connectivity index (χ2n) is 6.81. The number of rotatable bonds is 2. The molecule has 1 saturated heterocycles. The van der Waals surface area contributed by atoms with Gasteiger partial charge >= 0.3 is 161 Å². The molecule has 0 unspecified atom stereocenters. The Morgan fingerprint density at radius 3 is 1.96 bits per heavy atom. The third-order valence-corrected chi connectivity index (χ3v) is 5.41. The van der Waals surface area contributed by atoms with Crippen molar-refractivity contribution in [2.45, 2.75) is 71.1 Å². The molecule has 25 heavy (non-hydrogen) atoms. The third kappa shape index (κ3) is 8.15. The molecule has 5 heteroatoms. The van der Waals surface area contributed by atoms with Crippen molar-refractivity contribution in [1.82, 2.24) is 9.88 Å². The van der Waals surface area contributed by atoms with Gasteiger partial charge in [0.05, 0.1) is 0 Å². The summed E-state index contributed by atoms with van der Waals surface area (Å²) < 4.78 is 0.908. The average Bonchev–Trinajstić information content (AvgIpc) is 2.67. The number of pyridine rings is 1. The van der Waals surface area contributed by atoms with Gasteiger partial charge in [0.1, 0.15) is 0 Å². The Balaban J connectivity index is 1.95. The van der Waals surface area contributed by atoms with Crippen LogP contribution in [0.3, 0.4) is 0 Å². The molecule has 1 aromatic rings. The van der Waals surface area contributed by atoms with Crippen molar-refractivity contribution in [2.24, 2.45) is 10.2 Å². The van der Waals surface area contributed by atoms with Gasteiger partial charge in [-0.1, -0.05) is 0 Å². The van der Waals surface area contributed by atoms with Crippen LogP contribution in [0.15, 0.2) is 34.6 Å². The molecule has 0 amide bonds. The van der Waals surface area contributed by atoms with E-state index in [1.165, 1.54) is 64.2 Å². The Labute approximate surface area is 161 Å². The van der Waals surface area contributed by atoms with Crippen LogP contribution in [0.2, 0.25) is 0 Å². The molecule has 137 valence electrons. The van der Waals surface area contributed by atoms with Crippen molar-refractivity contribution in [1.29, 1.82) is 0 Å². The molecule has 0 spiro atoms. The van der Waals surface area contributed by atoms with Gasteiger partial charge in [0.15, 0.2) is 0 Å². The number of amidine groups is 1. The van der Waals surface area contributed by atoms with Gasteiger partial charge in [-0.25, -0.2) is 0 Å². The first-order chi connectivity index (χ1) is 12.3. The van der Waals surface area contributed by atoms with Crippen LogP contribution in [0.5, 0.6) is 0 Å². The van der Waals surface area contributed by atoms with E-state index in [2.05, 4.69) is 36.1 Å². The molecule has 0 atom stereocenters. The summed E-state index contributed by atoms with van der Waals surface area (Å²) >= 11 is 3.13. The molecule has 0 aliphatic carbocycles. The van der Waals surface area contributed by atoms with E-state index in [1.807, 2.05) is 25.1 Å². The van der Waals surface area contributed by atoms with Crippen LogP contribution in [0, 0.1) is 0 Å².